The molecule has 0 saturated carbocycles. The summed E-state index contributed by atoms with van der Waals surface area (Å²) in [5, 5.41) is 0.675. The van der Waals surface area contributed by atoms with Gasteiger partial charge in [-0.3, -0.25) is 0 Å². The van der Waals surface area contributed by atoms with Crippen LogP contribution in [-0.2, 0) is 4.74 Å². The molecule has 0 aliphatic rings. The van der Waals surface area contributed by atoms with Gasteiger partial charge >= 0.3 is 5.97 Å². The van der Waals surface area contributed by atoms with Gasteiger partial charge in [-0.25, -0.2) is 4.79 Å². The molecule has 0 fully saturated rings. The third kappa shape index (κ3) is 3.24. The van der Waals surface area contributed by atoms with Gasteiger partial charge in [-0.15, -0.1) is 0 Å². The molecule has 2 aromatic carbocycles. The highest BCUT2D eigenvalue weighted by molar-refractivity contribution is 6.32. The van der Waals surface area contributed by atoms with Crippen LogP contribution in [0, 0.1) is 0 Å². The molecular weight excluding hydrogens is 260 g/mol. The SMILES string of the molecule is COC(=O)c1ccccc1/C=C\c1ccccc1Cl. The Labute approximate surface area is 117 Å². The first-order valence-corrected chi connectivity index (χ1v) is 6.20. The Morgan fingerprint density at radius 1 is 1.00 bits per heavy atom. The first kappa shape index (κ1) is 13.4. The molecule has 2 rings (SSSR count). The molecule has 0 aliphatic heterocycles. The van der Waals surface area contributed by atoms with Gasteiger partial charge in [-0.2, -0.15) is 0 Å². The topological polar surface area (TPSA) is 26.3 Å². The van der Waals surface area contributed by atoms with Crippen molar-refractivity contribution in [2.24, 2.45) is 0 Å². The van der Waals surface area contributed by atoms with Crippen LogP contribution >= 0.6 is 11.6 Å². The first-order valence-electron chi connectivity index (χ1n) is 5.82. The molecule has 0 unspecified atom stereocenters. The zero-order valence-corrected chi connectivity index (χ0v) is 11.2. The van der Waals surface area contributed by atoms with Crippen molar-refractivity contribution in [2.45, 2.75) is 0 Å². The number of esters is 1. The fourth-order valence-corrected chi connectivity index (χ4v) is 1.93. The van der Waals surface area contributed by atoms with Crippen molar-refractivity contribution in [1.29, 1.82) is 0 Å². The average molecular weight is 273 g/mol. The molecule has 0 bridgehead atoms. The van der Waals surface area contributed by atoms with Gasteiger partial charge in [0.1, 0.15) is 0 Å². The maximum Gasteiger partial charge on any atom is 0.338 e. The van der Waals surface area contributed by atoms with Gasteiger partial charge in [0.15, 0.2) is 0 Å². The molecule has 19 heavy (non-hydrogen) atoms. The second-order valence-electron chi connectivity index (χ2n) is 3.93. The average Bonchev–Trinajstić information content (AvgIpc) is 2.46. The molecule has 0 amide bonds. The van der Waals surface area contributed by atoms with Crippen molar-refractivity contribution in [2.75, 3.05) is 7.11 Å². The highest BCUT2D eigenvalue weighted by Crippen LogP contribution is 2.19. The summed E-state index contributed by atoms with van der Waals surface area (Å²) in [4.78, 5) is 11.6. The largest absolute Gasteiger partial charge is 0.465 e. The van der Waals surface area contributed by atoms with Crippen molar-refractivity contribution in [3.8, 4) is 0 Å². The number of hydrogen-bond donors (Lipinski definition) is 0. The van der Waals surface area contributed by atoms with Crippen LogP contribution in [-0.4, -0.2) is 13.1 Å². The maximum absolute atomic E-state index is 11.6. The number of benzene rings is 2. The van der Waals surface area contributed by atoms with Gasteiger partial charge < -0.3 is 4.74 Å². The third-order valence-corrected chi connectivity index (χ3v) is 3.06. The molecular formula is C16H13ClO2. The lowest BCUT2D eigenvalue weighted by molar-refractivity contribution is 0.0600. The van der Waals surface area contributed by atoms with E-state index in [9.17, 15) is 4.79 Å². The van der Waals surface area contributed by atoms with Crippen molar-refractivity contribution in [3.63, 3.8) is 0 Å². The summed E-state index contributed by atoms with van der Waals surface area (Å²) < 4.78 is 4.75. The Kier molecular flexibility index (Phi) is 4.37. The minimum atomic E-state index is -0.348. The highest BCUT2D eigenvalue weighted by atomic mass is 35.5. The van der Waals surface area contributed by atoms with Gasteiger partial charge in [-0.1, -0.05) is 60.2 Å². The van der Waals surface area contributed by atoms with Crippen LogP contribution in [0.3, 0.4) is 0 Å². The number of carbonyl (C=O) groups is 1. The van der Waals surface area contributed by atoms with Crippen LogP contribution in [0.1, 0.15) is 21.5 Å². The third-order valence-electron chi connectivity index (χ3n) is 2.71. The summed E-state index contributed by atoms with van der Waals surface area (Å²) in [6, 6.07) is 14.8. The molecule has 0 saturated heterocycles. The van der Waals surface area contributed by atoms with Crippen LogP contribution < -0.4 is 0 Å². The van der Waals surface area contributed by atoms with Crippen molar-refractivity contribution >= 4 is 29.7 Å². The molecule has 0 radical (unpaired) electrons. The van der Waals surface area contributed by atoms with E-state index in [1.807, 2.05) is 48.6 Å². The van der Waals surface area contributed by atoms with E-state index in [0.717, 1.165) is 11.1 Å². The van der Waals surface area contributed by atoms with Crippen LogP contribution in [0.5, 0.6) is 0 Å². The lowest BCUT2D eigenvalue weighted by Crippen LogP contribution is -2.02. The zero-order valence-electron chi connectivity index (χ0n) is 10.5. The maximum atomic E-state index is 11.6. The van der Waals surface area contributed by atoms with E-state index in [1.54, 1.807) is 12.1 Å². The fourth-order valence-electron chi connectivity index (χ4n) is 1.73. The predicted octanol–water partition coefficient (Wildman–Crippen LogP) is 4.30. The molecule has 3 heteroatoms. The van der Waals surface area contributed by atoms with Crippen LogP contribution in [0.15, 0.2) is 48.5 Å². The minimum absolute atomic E-state index is 0.348. The summed E-state index contributed by atoms with van der Waals surface area (Å²) in [6.07, 6.45) is 3.73. The molecule has 0 spiro atoms. The first-order chi connectivity index (χ1) is 9.22. The van der Waals surface area contributed by atoms with Crippen LogP contribution in [0.2, 0.25) is 5.02 Å². The molecule has 2 aromatic rings. The molecule has 0 heterocycles. The van der Waals surface area contributed by atoms with E-state index >= 15 is 0 Å². The smallest absolute Gasteiger partial charge is 0.338 e. The van der Waals surface area contributed by atoms with E-state index in [1.165, 1.54) is 7.11 Å². The zero-order chi connectivity index (χ0) is 13.7. The molecule has 0 atom stereocenters. The van der Waals surface area contributed by atoms with E-state index in [-0.39, 0.29) is 5.97 Å². The standard InChI is InChI=1S/C16H13ClO2/c1-19-16(18)14-8-4-2-6-12(14)10-11-13-7-3-5-9-15(13)17/h2-11H,1H3/b11-10-. The lowest BCUT2D eigenvalue weighted by atomic mass is 10.1. The summed E-state index contributed by atoms with van der Waals surface area (Å²) in [5.41, 5.74) is 2.24. The van der Waals surface area contributed by atoms with Crippen molar-refractivity contribution in [3.05, 3.63) is 70.2 Å². The second-order valence-corrected chi connectivity index (χ2v) is 4.34. The monoisotopic (exact) mass is 272 g/mol. The number of ether oxygens (including phenoxy) is 1. The van der Waals surface area contributed by atoms with Crippen molar-refractivity contribution < 1.29 is 9.53 Å². The molecule has 96 valence electrons. The molecule has 0 aliphatic carbocycles. The Bertz CT molecular complexity index is 618. The fraction of sp³-hybridized carbons (Fsp3) is 0.0625. The highest BCUT2D eigenvalue weighted by Gasteiger charge is 2.08. The summed E-state index contributed by atoms with van der Waals surface area (Å²) in [7, 11) is 1.37. The van der Waals surface area contributed by atoms with Crippen molar-refractivity contribution in [1.82, 2.24) is 0 Å². The second kappa shape index (κ2) is 6.21. The quantitative estimate of drug-likeness (QED) is 0.615. The Hall–Kier alpha value is -2.06. The lowest BCUT2D eigenvalue weighted by Gasteiger charge is -2.03. The van der Waals surface area contributed by atoms with Crippen LogP contribution in [0.25, 0.3) is 12.2 Å². The molecule has 2 nitrogen and oxygen atoms in total. The Morgan fingerprint density at radius 2 is 1.58 bits per heavy atom. The Morgan fingerprint density at radius 3 is 2.26 bits per heavy atom. The van der Waals surface area contributed by atoms with Gasteiger partial charge in [0.25, 0.3) is 0 Å². The van der Waals surface area contributed by atoms with Crippen LogP contribution in [0.4, 0.5) is 0 Å². The summed E-state index contributed by atoms with van der Waals surface area (Å²) in [5.74, 6) is -0.348. The van der Waals surface area contributed by atoms with Gasteiger partial charge in [0.2, 0.25) is 0 Å². The van der Waals surface area contributed by atoms with Gasteiger partial charge in [0, 0.05) is 5.02 Å². The number of methoxy groups -OCH3 is 1. The summed E-state index contributed by atoms with van der Waals surface area (Å²) >= 11 is 6.08. The van der Waals surface area contributed by atoms with E-state index in [2.05, 4.69) is 0 Å². The predicted molar refractivity (Wildman–Crippen MR) is 78.2 cm³/mol. The van der Waals surface area contributed by atoms with Gasteiger partial charge in [0.05, 0.1) is 12.7 Å². The van der Waals surface area contributed by atoms with E-state index < -0.39 is 0 Å². The van der Waals surface area contributed by atoms with E-state index in [4.69, 9.17) is 16.3 Å². The van der Waals surface area contributed by atoms with E-state index in [0.29, 0.717) is 10.6 Å². The number of halogens is 1. The number of carbonyl (C=O) groups excluding carboxylic acids is 1. The number of hydrogen-bond acceptors (Lipinski definition) is 2. The normalized spacial score (nSPS) is 10.6. The number of rotatable bonds is 3. The molecule has 0 N–H and O–H groups in total. The summed E-state index contributed by atoms with van der Waals surface area (Å²) in [6.45, 7) is 0. The Balaban J connectivity index is 2.34. The minimum Gasteiger partial charge on any atom is -0.465 e. The molecule has 0 aromatic heterocycles. The van der Waals surface area contributed by atoms with Gasteiger partial charge in [-0.05, 0) is 23.3 Å².